The molecule has 5 nitrogen and oxygen atoms in total. The smallest absolute Gasteiger partial charge is 0.251 e. The van der Waals surface area contributed by atoms with Crippen LogP contribution in [0.1, 0.15) is 57.8 Å². The van der Waals surface area contributed by atoms with E-state index >= 15 is 0 Å². The second-order valence-corrected chi connectivity index (χ2v) is 10.9. The zero-order valence-corrected chi connectivity index (χ0v) is 17.1. The van der Waals surface area contributed by atoms with Gasteiger partial charge in [0.2, 0.25) is 11.6 Å². The molecule has 0 radical (unpaired) electrons. The molecule has 6 fully saturated rings. The van der Waals surface area contributed by atoms with Crippen molar-refractivity contribution < 1.29 is 19.2 Å². The fourth-order valence-electron chi connectivity index (χ4n) is 6.81. The van der Waals surface area contributed by atoms with Gasteiger partial charge in [-0.2, -0.15) is 14.5 Å². The van der Waals surface area contributed by atoms with Crippen LogP contribution in [0, 0.1) is 34.8 Å². The summed E-state index contributed by atoms with van der Waals surface area (Å²) in [6.45, 7) is 0. The minimum atomic E-state index is -0.526. The normalized spacial score (nSPS) is 46.6. The van der Waals surface area contributed by atoms with Crippen molar-refractivity contribution in [1.82, 2.24) is 0 Å². The summed E-state index contributed by atoms with van der Waals surface area (Å²) in [5.74, 6) is 3.44. The van der Waals surface area contributed by atoms with Gasteiger partial charge in [-0.05, 0) is 68.8 Å². The van der Waals surface area contributed by atoms with E-state index in [1.54, 1.807) is 24.0 Å². The maximum Gasteiger partial charge on any atom is 0.251 e. The number of pyridine rings is 1. The quantitative estimate of drug-likeness (QED) is 0.323. The van der Waals surface area contributed by atoms with Gasteiger partial charge in [-0.3, -0.25) is 0 Å². The largest absolute Gasteiger partial charge is 0.618 e. The summed E-state index contributed by atoms with van der Waals surface area (Å²) in [5, 5.41) is 12.6. The Morgan fingerprint density at radius 3 is 2.39 bits per heavy atom. The number of thioether (sulfide) groups is 1. The van der Waals surface area contributed by atoms with Crippen molar-refractivity contribution in [1.29, 1.82) is 0 Å². The zero-order valence-electron chi connectivity index (χ0n) is 16.3. The molecule has 2 spiro atoms. The van der Waals surface area contributed by atoms with Gasteiger partial charge in [-0.25, -0.2) is 0 Å². The van der Waals surface area contributed by atoms with E-state index in [0.717, 1.165) is 53.0 Å². The van der Waals surface area contributed by atoms with Crippen LogP contribution in [-0.2, 0) is 14.5 Å². The number of nitrogens with zero attached hydrogens (tertiary/aromatic N) is 1. The third kappa shape index (κ3) is 2.83. The van der Waals surface area contributed by atoms with E-state index in [-0.39, 0.29) is 0 Å². The van der Waals surface area contributed by atoms with Gasteiger partial charge in [0.1, 0.15) is 0 Å². The molecule has 1 aliphatic heterocycles. The standard InChI is InChI=1S/C22H29NO4S/c24-23-8-2-1-3-20(23)28-14-15-4-6-21(7-5-15)25-22(27-26-21)18-10-16-9-17(12-18)13-19(22)11-16/h1-3,8,15-19H,4-7,9-14H2. The third-order valence-corrected chi connectivity index (χ3v) is 9.32. The monoisotopic (exact) mass is 403 g/mol. The van der Waals surface area contributed by atoms with Crippen molar-refractivity contribution in [2.75, 3.05) is 5.75 Å². The van der Waals surface area contributed by atoms with Gasteiger partial charge in [-0.15, -0.1) is 0 Å². The van der Waals surface area contributed by atoms with Crippen LogP contribution in [-0.4, -0.2) is 17.3 Å². The molecular formula is C22H29NO4S. The number of aromatic nitrogens is 1. The molecule has 1 aromatic heterocycles. The van der Waals surface area contributed by atoms with E-state index in [0.29, 0.717) is 17.8 Å². The minimum absolute atomic E-state index is 0.451. The lowest BCUT2D eigenvalue weighted by atomic mass is 9.53. The molecule has 1 aromatic rings. The van der Waals surface area contributed by atoms with Crippen LogP contribution in [0.5, 0.6) is 0 Å². The second kappa shape index (κ2) is 6.59. The van der Waals surface area contributed by atoms with Crippen molar-refractivity contribution >= 4 is 11.8 Å². The van der Waals surface area contributed by atoms with Gasteiger partial charge in [0, 0.05) is 42.6 Å². The van der Waals surface area contributed by atoms with Crippen LogP contribution in [0.4, 0.5) is 0 Å². The van der Waals surface area contributed by atoms with Gasteiger partial charge in [-0.1, -0.05) is 11.8 Å². The first-order valence-electron chi connectivity index (χ1n) is 11.0. The highest BCUT2D eigenvalue weighted by Gasteiger charge is 2.66. The summed E-state index contributed by atoms with van der Waals surface area (Å²) in [4.78, 5) is 12.1. The second-order valence-electron chi connectivity index (χ2n) is 9.82. The minimum Gasteiger partial charge on any atom is -0.618 e. The van der Waals surface area contributed by atoms with Crippen LogP contribution in [0.2, 0.25) is 0 Å². The molecule has 0 unspecified atom stereocenters. The Morgan fingerprint density at radius 1 is 1.00 bits per heavy atom. The first-order chi connectivity index (χ1) is 13.6. The molecule has 0 N–H and O–H groups in total. The summed E-state index contributed by atoms with van der Waals surface area (Å²) in [5.41, 5.74) is 0. The van der Waals surface area contributed by atoms with Crippen molar-refractivity contribution in [2.45, 2.75) is 74.4 Å². The highest BCUT2D eigenvalue weighted by molar-refractivity contribution is 7.99. The van der Waals surface area contributed by atoms with Gasteiger partial charge >= 0.3 is 0 Å². The molecule has 152 valence electrons. The van der Waals surface area contributed by atoms with Gasteiger partial charge in [0.25, 0.3) is 5.03 Å². The Bertz CT molecular complexity index is 720. The SMILES string of the molecule is [O-][n+]1ccccc1SCC1CCC2(CC1)OOC1(O2)C2CC3CC(C2)CC1C3. The summed E-state index contributed by atoms with van der Waals surface area (Å²) in [6, 6.07) is 5.60. The Kier molecular flexibility index (Phi) is 4.24. The molecule has 0 aromatic carbocycles. The van der Waals surface area contributed by atoms with E-state index in [1.165, 1.54) is 32.1 Å². The van der Waals surface area contributed by atoms with E-state index in [9.17, 15) is 5.21 Å². The lowest BCUT2D eigenvalue weighted by Crippen LogP contribution is -2.59. The molecule has 4 bridgehead atoms. The first kappa shape index (κ1) is 18.0. The van der Waals surface area contributed by atoms with Crippen LogP contribution < -0.4 is 4.73 Å². The van der Waals surface area contributed by atoms with Crippen molar-refractivity contribution in [3.63, 3.8) is 0 Å². The highest BCUT2D eigenvalue weighted by atomic mass is 32.2. The van der Waals surface area contributed by atoms with Crippen LogP contribution in [0.3, 0.4) is 0 Å². The summed E-state index contributed by atoms with van der Waals surface area (Å²) < 4.78 is 7.74. The molecule has 5 saturated carbocycles. The fraction of sp³-hybridized carbons (Fsp3) is 0.773. The Balaban J connectivity index is 1.09. The maximum absolute atomic E-state index is 11.8. The van der Waals surface area contributed by atoms with Gasteiger partial charge in [0.05, 0.1) is 0 Å². The Labute approximate surface area is 170 Å². The molecule has 6 aliphatic rings. The Morgan fingerprint density at radius 2 is 1.71 bits per heavy atom. The van der Waals surface area contributed by atoms with Crippen LogP contribution >= 0.6 is 11.8 Å². The highest BCUT2D eigenvalue weighted by Crippen LogP contribution is 2.63. The number of hydrogen-bond acceptors (Lipinski definition) is 5. The molecule has 0 atom stereocenters. The number of hydrogen-bond donors (Lipinski definition) is 0. The number of ether oxygens (including phenoxy) is 1. The molecule has 0 amide bonds. The number of rotatable bonds is 3. The third-order valence-electron chi connectivity index (χ3n) is 8.07. The predicted molar refractivity (Wildman–Crippen MR) is 104 cm³/mol. The molecule has 28 heavy (non-hydrogen) atoms. The summed E-state index contributed by atoms with van der Waals surface area (Å²) in [7, 11) is 0. The maximum atomic E-state index is 11.8. The lowest BCUT2D eigenvalue weighted by molar-refractivity contribution is -0.645. The summed E-state index contributed by atoms with van der Waals surface area (Å²) >= 11 is 1.66. The molecule has 1 saturated heterocycles. The molecule has 2 heterocycles. The van der Waals surface area contributed by atoms with E-state index in [1.807, 2.05) is 12.1 Å². The van der Waals surface area contributed by atoms with Gasteiger partial charge in [0.15, 0.2) is 6.20 Å². The van der Waals surface area contributed by atoms with Crippen molar-refractivity contribution in [3.05, 3.63) is 29.6 Å². The predicted octanol–water partition coefficient (Wildman–Crippen LogP) is 4.43. The average Bonchev–Trinajstić information content (AvgIpc) is 3.07. The van der Waals surface area contributed by atoms with Gasteiger partial charge < -0.3 is 9.94 Å². The molecule has 7 rings (SSSR count). The summed E-state index contributed by atoms with van der Waals surface area (Å²) in [6.07, 6.45) is 12.0. The van der Waals surface area contributed by atoms with Crippen molar-refractivity contribution in [2.24, 2.45) is 29.6 Å². The van der Waals surface area contributed by atoms with E-state index in [2.05, 4.69) is 0 Å². The lowest BCUT2D eigenvalue weighted by Gasteiger charge is -2.57. The van der Waals surface area contributed by atoms with E-state index in [4.69, 9.17) is 14.5 Å². The van der Waals surface area contributed by atoms with E-state index < -0.39 is 11.6 Å². The molecular weight excluding hydrogens is 374 g/mol. The van der Waals surface area contributed by atoms with Crippen molar-refractivity contribution in [3.8, 4) is 0 Å². The topological polar surface area (TPSA) is 54.6 Å². The average molecular weight is 404 g/mol. The Hall–Kier alpha value is -0.820. The van der Waals surface area contributed by atoms with Crippen LogP contribution in [0.25, 0.3) is 0 Å². The van der Waals surface area contributed by atoms with Crippen LogP contribution in [0.15, 0.2) is 29.4 Å². The molecule has 5 aliphatic carbocycles. The first-order valence-corrected chi connectivity index (χ1v) is 12.0. The fourth-order valence-corrected chi connectivity index (χ4v) is 7.91. The molecule has 6 heteroatoms. The zero-order chi connectivity index (χ0) is 18.8.